The zero-order valence-electron chi connectivity index (χ0n) is 21.3. The number of Topliss-reactive ketones (excluding diaryl/α,β-unsaturated/α-hetero) is 3. The summed E-state index contributed by atoms with van der Waals surface area (Å²) in [5.41, 5.74) is -3.27. The number of hydrogen-bond acceptors (Lipinski definition) is 7. The molecule has 0 saturated heterocycles. The van der Waals surface area contributed by atoms with Gasteiger partial charge < -0.3 is 20.4 Å². The molecule has 188 valence electrons. The van der Waals surface area contributed by atoms with Crippen molar-refractivity contribution in [3.8, 4) is 17.2 Å². The summed E-state index contributed by atoms with van der Waals surface area (Å²) in [6.07, 6.45) is 2.62. The number of carbonyl (C=O) groups is 3. The zero-order chi connectivity index (χ0) is 26.2. The molecule has 0 saturated carbocycles. The van der Waals surface area contributed by atoms with Crippen LogP contribution in [0.1, 0.15) is 102 Å². The van der Waals surface area contributed by atoms with Crippen LogP contribution in [0.15, 0.2) is 17.4 Å². The first-order valence-electron chi connectivity index (χ1n) is 11.9. The predicted octanol–water partition coefficient (Wildman–Crippen LogP) is 5.71. The van der Waals surface area contributed by atoms with Gasteiger partial charge in [-0.1, -0.05) is 33.6 Å². The van der Waals surface area contributed by atoms with Crippen molar-refractivity contribution in [2.45, 2.75) is 86.5 Å². The monoisotopic (exact) mass is 474 g/mol. The average molecular weight is 475 g/mol. The molecular weight excluding hydrogens is 436 g/mol. The van der Waals surface area contributed by atoms with Crippen LogP contribution in [0.5, 0.6) is 17.2 Å². The molecule has 7 heteroatoms. The smallest absolute Gasteiger partial charge is 0.175 e. The molecule has 1 aromatic rings. The molecule has 0 aromatic heterocycles. The summed E-state index contributed by atoms with van der Waals surface area (Å²) >= 11 is 0. The molecule has 0 heterocycles. The molecule has 0 fully saturated rings. The van der Waals surface area contributed by atoms with Crippen LogP contribution in [0.3, 0.4) is 0 Å². The molecule has 34 heavy (non-hydrogen) atoms. The van der Waals surface area contributed by atoms with Gasteiger partial charge in [-0.3, -0.25) is 14.4 Å². The molecule has 1 atom stereocenters. The number of aromatic hydroxyl groups is 3. The van der Waals surface area contributed by atoms with E-state index in [1.54, 1.807) is 0 Å². The van der Waals surface area contributed by atoms with Crippen LogP contribution < -0.4 is 0 Å². The first-order chi connectivity index (χ1) is 15.6. The number of aliphatic hydroxyl groups is 1. The summed E-state index contributed by atoms with van der Waals surface area (Å²) in [6, 6.07) is 0.988. The van der Waals surface area contributed by atoms with Crippen molar-refractivity contribution in [1.29, 1.82) is 0 Å². The van der Waals surface area contributed by atoms with E-state index in [9.17, 15) is 34.8 Å². The van der Waals surface area contributed by atoms with Crippen molar-refractivity contribution in [3.05, 3.63) is 28.5 Å². The minimum atomic E-state index is -1.43. The molecule has 1 aliphatic rings. The molecule has 1 aromatic carbocycles. The van der Waals surface area contributed by atoms with E-state index in [0.717, 1.165) is 18.9 Å². The topological polar surface area (TPSA) is 132 Å². The van der Waals surface area contributed by atoms with E-state index in [1.807, 2.05) is 20.8 Å². The van der Waals surface area contributed by atoms with E-state index in [2.05, 4.69) is 0 Å². The number of phenols is 3. The van der Waals surface area contributed by atoms with Crippen LogP contribution >= 0.6 is 0 Å². The van der Waals surface area contributed by atoms with Gasteiger partial charge in [0, 0.05) is 29.5 Å². The Hall–Kier alpha value is -2.83. The third-order valence-electron chi connectivity index (χ3n) is 6.78. The highest BCUT2D eigenvalue weighted by Gasteiger charge is 2.55. The second kappa shape index (κ2) is 9.80. The highest BCUT2D eigenvalue weighted by molar-refractivity contribution is 6.19. The normalized spacial score (nSPS) is 18.5. The van der Waals surface area contributed by atoms with E-state index < -0.39 is 57.1 Å². The number of aliphatic hydroxyl groups excluding tert-OH is 1. The molecule has 0 bridgehead atoms. The SMILES string of the molecule is CCCCCC(=O)c1c(O)cc(O)c(C(CC(C)C)C2=C(O)C(C)(C)C(=O)C(C)(C)C2=O)c1O. The minimum Gasteiger partial charge on any atom is -0.511 e. The third kappa shape index (κ3) is 4.70. The maximum atomic E-state index is 13.5. The van der Waals surface area contributed by atoms with Gasteiger partial charge in [-0.15, -0.1) is 0 Å². The fraction of sp³-hybridized carbons (Fsp3) is 0.593. The van der Waals surface area contributed by atoms with Crippen molar-refractivity contribution >= 4 is 17.3 Å². The maximum absolute atomic E-state index is 13.5. The molecule has 0 aliphatic heterocycles. The lowest BCUT2D eigenvalue weighted by Gasteiger charge is -2.41. The van der Waals surface area contributed by atoms with Crippen LogP contribution in [-0.2, 0) is 9.59 Å². The van der Waals surface area contributed by atoms with Gasteiger partial charge in [-0.2, -0.15) is 0 Å². The van der Waals surface area contributed by atoms with Crippen LogP contribution in [0, 0.1) is 16.7 Å². The molecule has 7 nitrogen and oxygen atoms in total. The lowest BCUT2D eigenvalue weighted by atomic mass is 9.60. The fourth-order valence-electron chi connectivity index (χ4n) is 4.88. The van der Waals surface area contributed by atoms with Crippen molar-refractivity contribution in [3.63, 3.8) is 0 Å². The van der Waals surface area contributed by atoms with Gasteiger partial charge in [0.25, 0.3) is 0 Å². The van der Waals surface area contributed by atoms with Crippen LogP contribution in [0.25, 0.3) is 0 Å². The lowest BCUT2D eigenvalue weighted by molar-refractivity contribution is -0.144. The molecule has 2 rings (SSSR count). The summed E-state index contributed by atoms with van der Waals surface area (Å²) in [4.78, 5) is 39.3. The molecule has 1 aliphatic carbocycles. The molecule has 1 unspecified atom stereocenters. The second-order valence-corrected chi connectivity index (χ2v) is 10.8. The zero-order valence-corrected chi connectivity index (χ0v) is 21.3. The average Bonchev–Trinajstić information content (AvgIpc) is 2.71. The van der Waals surface area contributed by atoms with E-state index in [0.29, 0.717) is 6.42 Å². The number of ketones is 3. The Morgan fingerprint density at radius 3 is 2.06 bits per heavy atom. The number of carbonyl (C=O) groups excluding carboxylic acids is 3. The number of hydrogen-bond donors (Lipinski definition) is 4. The number of allylic oxidation sites excluding steroid dienone is 2. The molecule has 0 radical (unpaired) electrons. The Bertz CT molecular complexity index is 1030. The van der Waals surface area contributed by atoms with Crippen molar-refractivity contribution in [1.82, 2.24) is 0 Å². The standard InChI is InChI=1S/C27H38O7/c1-8-9-10-11-16(28)21-18(30)13-17(29)19(22(21)31)15(12-14(2)3)20-23(32)26(4,5)25(34)27(6,7)24(20)33/h13-15,29-32H,8-12H2,1-7H3. The van der Waals surface area contributed by atoms with Gasteiger partial charge in [0.1, 0.15) is 28.6 Å². The number of benzene rings is 1. The second-order valence-electron chi connectivity index (χ2n) is 10.8. The van der Waals surface area contributed by atoms with Gasteiger partial charge in [-0.25, -0.2) is 0 Å². The molecule has 0 amide bonds. The maximum Gasteiger partial charge on any atom is 0.175 e. The Kier molecular flexibility index (Phi) is 7.91. The van der Waals surface area contributed by atoms with Crippen LogP contribution in [-0.4, -0.2) is 37.8 Å². The number of phenolic OH excluding ortho intramolecular Hbond substituents is 3. The summed E-state index contributed by atoms with van der Waals surface area (Å²) in [5.74, 6) is -4.60. The van der Waals surface area contributed by atoms with E-state index in [1.165, 1.54) is 27.7 Å². The molecule has 4 N–H and O–H groups in total. The van der Waals surface area contributed by atoms with Gasteiger partial charge in [0.2, 0.25) is 0 Å². The van der Waals surface area contributed by atoms with E-state index in [4.69, 9.17) is 0 Å². The molecule has 0 spiro atoms. The summed E-state index contributed by atoms with van der Waals surface area (Å²) in [6.45, 7) is 11.8. The van der Waals surface area contributed by atoms with Crippen molar-refractivity contribution in [2.75, 3.05) is 0 Å². The van der Waals surface area contributed by atoms with E-state index in [-0.39, 0.29) is 35.5 Å². The molecular formula is C27H38O7. The van der Waals surface area contributed by atoms with Crippen molar-refractivity contribution < 1.29 is 34.8 Å². The lowest BCUT2D eigenvalue weighted by Crippen LogP contribution is -2.49. The van der Waals surface area contributed by atoms with Gasteiger partial charge in [0.15, 0.2) is 17.3 Å². The first kappa shape index (κ1) is 27.4. The minimum absolute atomic E-state index is 0.0433. The largest absolute Gasteiger partial charge is 0.511 e. The Morgan fingerprint density at radius 2 is 1.53 bits per heavy atom. The number of rotatable bonds is 9. The highest BCUT2D eigenvalue weighted by atomic mass is 16.3. The number of unbranched alkanes of at least 4 members (excludes halogenated alkanes) is 2. The predicted molar refractivity (Wildman–Crippen MR) is 129 cm³/mol. The van der Waals surface area contributed by atoms with Crippen LogP contribution in [0.4, 0.5) is 0 Å². The van der Waals surface area contributed by atoms with Gasteiger partial charge >= 0.3 is 0 Å². The summed E-state index contributed by atoms with van der Waals surface area (Å²) < 4.78 is 0. The fourth-order valence-corrected chi connectivity index (χ4v) is 4.88. The Labute approximate surface area is 201 Å². The third-order valence-corrected chi connectivity index (χ3v) is 6.78. The Morgan fingerprint density at radius 1 is 0.941 bits per heavy atom. The Balaban J connectivity index is 2.82. The first-order valence-corrected chi connectivity index (χ1v) is 11.9. The van der Waals surface area contributed by atoms with Crippen LogP contribution in [0.2, 0.25) is 0 Å². The highest BCUT2D eigenvalue weighted by Crippen LogP contribution is 2.52. The summed E-state index contributed by atoms with van der Waals surface area (Å²) in [5, 5.41) is 43.4. The van der Waals surface area contributed by atoms with Gasteiger partial charge in [0.05, 0.1) is 10.8 Å². The van der Waals surface area contributed by atoms with Crippen molar-refractivity contribution in [2.24, 2.45) is 16.7 Å². The summed E-state index contributed by atoms with van der Waals surface area (Å²) in [7, 11) is 0. The van der Waals surface area contributed by atoms with Gasteiger partial charge in [-0.05, 0) is 46.5 Å². The quantitative estimate of drug-likeness (QED) is 0.205. The van der Waals surface area contributed by atoms with E-state index >= 15 is 0 Å².